The molecule has 1 aromatic carbocycles. The van der Waals surface area contributed by atoms with Crippen molar-refractivity contribution in [3.8, 4) is 5.75 Å². The molecule has 1 N–H and O–H groups in total. The van der Waals surface area contributed by atoms with Crippen LogP contribution in [0.15, 0.2) is 42.9 Å². The second-order valence-electron chi connectivity index (χ2n) is 4.69. The van der Waals surface area contributed by atoms with Crippen LogP contribution < -0.4 is 10.1 Å². The van der Waals surface area contributed by atoms with Crippen molar-refractivity contribution in [3.05, 3.63) is 42.9 Å². The van der Waals surface area contributed by atoms with E-state index in [0.29, 0.717) is 0 Å². The van der Waals surface area contributed by atoms with Crippen LogP contribution >= 0.6 is 0 Å². The largest absolute Gasteiger partial charge is 0.497 e. The van der Waals surface area contributed by atoms with E-state index in [1.165, 1.54) is 0 Å². The number of ether oxygens (including phenoxy) is 1. The zero-order chi connectivity index (χ0) is 14.5. The van der Waals surface area contributed by atoms with E-state index in [1.54, 1.807) is 13.3 Å². The third kappa shape index (κ3) is 3.10. The number of pyridine rings is 1. The molecule has 0 aliphatic rings. The summed E-state index contributed by atoms with van der Waals surface area (Å²) < 4.78 is 7.07. The van der Waals surface area contributed by atoms with Gasteiger partial charge in [0.2, 0.25) is 0 Å². The first kappa shape index (κ1) is 13.4. The van der Waals surface area contributed by atoms with E-state index in [4.69, 9.17) is 4.74 Å². The summed E-state index contributed by atoms with van der Waals surface area (Å²) in [7, 11) is 1.67. The van der Waals surface area contributed by atoms with Crippen LogP contribution in [0.4, 0.5) is 5.82 Å². The molecule has 0 radical (unpaired) electrons. The Morgan fingerprint density at radius 3 is 3.00 bits per heavy atom. The maximum absolute atomic E-state index is 5.25. The minimum atomic E-state index is 0.831. The lowest BCUT2D eigenvalue weighted by molar-refractivity contribution is 0.415. The van der Waals surface area contributed by atoms with Crippen LogP contribution in [0.3, 0.4) is 0 Å². The van der Waals surface area contributed by atoms with Gasteiger partial charge in [0.05, 0.1) is 13.3 Å². The second-order valence-corrected chi connectivity index (χ2v) is 4.69. The van der Waals surface area contributed by atoms with Gasteiger partial charge in [0.25, 0.3) is 0 Å². The van der Waals surface area contributed by atoms with Crippen molar-refractivity contribution in [1.29, 1.82) is 0 Å². The molecule has 0 spiro atoms. The molecule has 2 aromatic heterocycles. The fourth-order valence-electron chi connectivity index (χ4n) is 2.22. The molecule has 0 aliphatic heterocycles. The lowest BCUT2D eigenvalue weighted by atomic mass is 10.1. The first-order valence-electron chi connectivity index (χ1n) is 6.87. The number of aromatic nitrogens is 4. The van der Waals surface area contributed by atoms with E-state index in [0.717, 1.165) is 41.9 Å². The molecular formula is C15H17N5O. The van der Waals surface area contributed by atoms with Gasteiger partial charge in [-0.05, 0) is 36.1 Å². The molecule has 3 aromatic rings. The Morgan fingerprint density at radius 1 is 1.24 bits per heavy atom. The highest BCUT2D eigenvalue weighted by Crippen LogP contribution is 2.25. The van der Waals surface area contributed by atoms with Gasteiger partial charge in [-0.3, -0.25) is 4.68 Å². The molecule has 6 nitrogen and oxygen atoms in total. The summed E-state index contributed by atoms with van der Waals surface area (Å²) in [6, 6.07) is 7.97. The van der Waals surface area contributed by atoms with Crippen LogP contribution in [0.5, 0.6) is 5.75 Å². The molecule has 0 saturated carbocycles. The molecule has 0 fully saturated rings. The van der Waals surface area contributed by atoms with E-state index in [1.807, 2.05) is 41.3 Å². The van der Waals surface area contributed by atoms with Crippen LogP contribution in [0.2, 0.25) is 0 Å². The maximum atomic E-state index is 5.25. The summed E-state index contributed by atoms with van der Waals surface area (Å²) in [4.78, 5) is 4.41. The Hall–Kier alpha value is -2.63. The average molecular weight is 283 g/mol. The minimum absolute atomic E-state index is 0.831. The molecule has 0 amide bonds. The van der Waals surface area contributed by atoms with Crippen molar-refractivity contribution >= 4 is 16.6 Å². The monoisotopic (exact) mass is 283 g/mol. The minimum Gasteiger partial charge on any atom is -0.497 e. The Labute approximate surface area is 122 Å². The number of nitrogens with one attached hydrogen (secondary N) is 1. The summed E-state index contributed by atoms with van der Waals surface area (Å²) in [6.45, 7) is 1.67. The third-order valence-corrected chi connectivity index (χ3v) is 3.30. The van der Waals surface area contributed by atoms with E-state index in [-0.39, 0.29) is 0 Å². The molecule has 0 bridgehead atoms. The van der Waals surface area contributed by atoms with Gasteiger partial charge in [0.1, 0.15) is 11.6 Å². The number of anilines is 1. The van der Waals surface area contributed by atoms with Gasteiger partial charge in [0, 0.05) is 30.9 Å². The fraction of sp³-hybridized carbons (Fsp3) is 0.267. The van der Waals surface area contributed by atoms with Crippen molar-refractivity contribution in [2.45, 2.75) is 13.0 Å². The van der Waals surface area contributed by atoms with Gasteiger partial charge in [-0.25, -0.2) is 4.98 Å². The van der Waals surface area contributed by atoms with Gasteiger partial charge in [-0.15, -0.1) is 5.10 Å². The quantitative estimate of drug-likeness (QED) is 0.703. The Balaban J connectivity index is 1.66. The number of aryl methyl sites for hydroxylation is 1. The SMILES string of the molecule is COc1ccc2c(NCCCn3ccnn3)nccc2c1. The van der Waals surface area contributed by atoms with E-state index >= 15 is 0 Å². The van der Waals surface area contributed by atoms with Crippen LogP contribution in [-0.2, 0) is 6.54 Å². The third-order valence-electron chi connectivity index (χ3n) is 3.30. The summed E-state index contributed by atoms with van der Waals surface area (Å²) in [5, 5.41) is 13.3. The van der Waals surface area contributed by atoms with Gasteiger partial charge >= 0.3 is 0 Å². The van der Waals surface area contributed by atoms with E-state index in [2.05, 4.69) is 20.6 Å². The zero-order valence-electron chi connectivity index (χ0n) is 11.9. The molecule has 0 saturated heterocycles. The number of nitrogens with zero attached hydrogens (tertiary/aromatic N) is 4. The maximum Gasteiger partial charge on any atom is 0.133 e. The van der Waals surface area contributed by atoms with Crippen molar-refractivity contribution in [2.75, 3.05) is 19.0 Å². The molecule has 0 unspecified atom stereocenters. The van der Waals surface area contributed by atoms with E-state index < -0.39 is 0 Å². The fourth-order valence-corrected chi connectivity index (χ4v) is 2.22. The molecular weight excluding hydrogens is 266 g/mol. The van der Waals surface area contributed by atoms with Crippen LogP contribution in [0.25, 0.3) is 10.8 Å². The smallest absolute Gasteiger partial charge is 0.133 e. The highest BCUT2D eigenvalue weighted by Gasteiger charge is 2.03. The number of fused-ring (bicyclic) bond motifs is 1. The summed E-state index contributed by atoms with van der Waals surface area (Å²) in [5.74, 6) is 1.75. The molecule has 21 heavy (non-hydrogen) atoms. The first-order chi connectivity index (χ1) is 10.4. The Bertz CT molecular complexity index is 711. The van der Waals surface area contributed by atoms with Gasteiger partial charge in [-0.1, -0.05) is 5.21 Å². The number of hydrogen-bond acceptors (Lipinski definition) is 5. The predicted octanol–water partition coefficient (Wildman–Crippen LogP) is 2.34. The lowest BCUT2D eigenvalue weighted by Crippen LogP contribution is -2.08. The van der Waals surface area contributed by atoms with E-state index in [9.17, 15) is 0 Å². The average Bonchev–Trinajstić information content (AvgIpc) is 3.04. The van der Waals surface area contributed by atoms with Crippen LogP contribution in [-0.4, -0.2) is 33.6 Å². The molecule has 0 atom stereocenters. The van der Waals surface area contributed by atoms with Gasteiger partial charge < -0.3 is 10.1 Å². The predicted molar refractivity (Wildman–Crippen MR) is 81.4 cm³/mol. The second kappa shape index (κ2) is 6.21. The Morgan fingerprint density at radius 2 is 2.19 bits per heavy atom. The zero-order valence-corrected chi connectivity index (χ0v) is 11.9. The molecule has 108 valence electrons. The van der Waals surface area contributed by atoms with Crippen LogP contribution in [0, 0.1) is 0 Å². The van der Waals surface area contributed by atoms with Crippen molar-refractivity contribution in [2.24, 2.45) is 0 Å². The Kier molecular flexibility index (Phi) is 3.95. The van der Waals surface area contributed by atoms with Crippen molar-refractivity contribution in [3.63, 3.8) is 0 Å². The summed E-state index contributed by atoms with van der Waals surface area (Å²) >= 11 is 0. The van der Waals surface area contributed by atoms with Crippen molar-refractivity contribution < 1.29 is 4.74 Å². The molecule has 2 heterocycles. The molecule has 3 rings (SSSR count). The summed E-state index contributed by atoms with van der Waals surface area (Å²) in [6.07, 6.45) is 6.31. The highest BCUT2D eigenvalue weighted by molar-refractivity contribution is 5.92. The van der Waals surface area contributed by atoms with Gasteiger partial charge in [-0.2, -0.15) is 0 Å². The number of hydrogen-bond donors (Lipinski definition) is 1. The molecule has 0 aliphatic carbocycles. The van der Waals surface area contributed by atoms with Crippen LogP contribution in [0.1, 0.15) is 6.42 Å². The number of methoxy groups -OCH3 is 1. The number of benzene rings is 1. The van der Waals surface area contributed by atoms with Gasteiger partial charge in [0.15, 0.2) is 0 Å². The number of rotatable bonds is 6. The standard InChI is InChI=1S/C15H17N5O/c1-21-13-3-4-14-12(11-13)5-7-17-15(14)16-6-2-9-20-10-8-18-19-20/h3-5,7-8,10-11H,2,6,9H2,1H3,(H,16,17). The normalized spacial score (nSPS) is 10.7. The highest BCUT2D eigenvalue weighted by atomic mass is 16.5. The topological polar surface area (TPSA) is 64.9 Å². The lowest BCUT2D eigenvalue weighted by Gasteiger charge is -2.09. The first-order valence-corrected chi connectivity index (χ1v) is 6.87. The summed E-state index contributed by atoms with van der Waals surface area (Å²) in [5.41, 5.74) is 0. The molecule has 6 heteroatoms. The van der Waals surface area contributed by atoms with Crippen molar-refractivity contribution in [1.82, 2.24) is 20.0 Å².